The third-order valence-electron chi connectivity index (χ3n) is 4.24. The standard InChI is InChI=1S/C19H16Cl4N2S2.C4H4O4/c20-14-2-1-13(17(22)7-14)10-26-12-27-19(9-25-6-5-24-11-25)16-4-3-15(21)8-18(16)23;5-3(6)1-2-4(7)8/h1-8,11,19H,9-10,12H2;1-2H,(H,5,6)(H,7,8)/b;2-1+. The summed E-state index contributed by atoms with van der Waals surface area (Å²) >= 11 is 28.4. The Morgan fingerprint density at radius 3 is 2.14 bits per heavy atom. The lowest BCUT2D eigenvalue weighted by Crippen LogP contribution is -2.06. The second-order valence-electron chi connectivity index (χ2n) is 6.79. The van der Waals surface area contributed by atoms with E-state index in [2.05, 4.69) is 9.55 Å². The molecule has 2 aromatic carbocycles. The van der Waals surface area contributed by atoms with Crippen LogP contribution in [-0.4, -0.2) is 36.8 Å². The van der Waals surface area contributed by atoms with E-state index in [9.17, 15) is 9.59 Å². The summed E-state index contributed by atoms with van der Waals surface area (Å²) in [6.07, 6.45) is 6.67. The number of hydrogen-bond acceptors (Lipinski definition) is 5. The highest BCUT2D eigenvalue weighted by atomic mass is 35.5. The number of carbonyl (C=O) groups is 2. The molecule has 0 fully saturated rings. The van der Waals surface area contributed by atoms with E-state index in [-0.39, 0.29) is 5.25 Å². The van der Waals surface area contributed by atoms with Gasteiger partial charge in [0.15, 0.2) is 0 Å². The van der Waals surface area contributed by atoms with Crippen molar-refractivity contribution in [3.8, 4) is 0 Å². The van der Waals surface area contributed by atoms with Crippen LogP contribution in [0.4, 0.5) is 0 Å². The largest absolute Gasteiger partial charge is 0.478 e. The van der Waals surface area contributed by atoms with Crippen LogP contribution in [-0.2, 0) is 21.9 Å². The van der Waals surface area contributed by atoms with Crippen molar-refractivity contribution >= 4 is 81.9 Å². The molecule has 2 N–H and O–H groups in total. The molecule has 0 radical (unpaired) electrons. The van der Waals surface area contributed by atoms with Gasteiger partial charge >= 0.3 is 11.9 Å². The lowest BCUT2D eigenvalue weighted by atomic mass is 10.1. The van der Waals surface area contributed by atoms with Crippen LogP contribution in [0.5, 0.6) is 0 Å². The normalized spacial score (nSPS) is 11.7. The number of benzene rings is 2. The monoisotopic (exact) mass is 592 g/mol. The molecular formula is C23H20Cl4N2O4S2. The molecule has 1 unspecified atom stereocenters. The molecule has 6 nitrogen and oxygen atoms in total. The number of nitrogens with zero attached hydrogens (tertiary/aromatic N) is 2. The molecule has 0 saturated carbocycles. The molecule has 12 heteroatoms. The number of halogens is 4. The molecule has 1 heterocycles. The number of aromatic nitrogens is 2. The van der Waals surface area contributed by atoms with Crippen molar-refractivity contribution in [2.24, 2.45) is 0 Å². The molecule has 0 amide bonds. The lowest BCUT2D eigenvalue weighted by Gasteiger charge is -2.19. The predicted octanol–water partition coefficient (Wildman–Crippen LogP) is 7.57. The van der Waals surface area contributed by atoms with E-state index in [1.165, 1.54) is 0 Å². The Balaban J connectivity index is 0.000000466. The van der Waals surface area contributed by atoms with E-state index in [0.717, 1.165) is 28.5 Å². The average Bonchev–Trinajstić information content (AvgIpc) is 3.29. The Bertz CT molecular complexity index is 1140. The zero-order valence-electron chi connectivity index (χ0n) is 18.0. The van der Waals surface area contributed by atoms with Crippen LogP contribution in [0.2, 0.25) is 20.1 Å². The molecule has 3 rings (SSSR count). The fourth-order valence-electron chi connectivity index (χ4n) is 2.65. The molecule has 0 aliphatic carbocycles. The number of aliphatic carboxylic acids is 2. The van der Waals surface area contributed by atoms with Crippen LogP contribution >= 0.6 is 69.9 Å². The predicted molar refractivity (Wildman–Crippen MR) is 146 cm³/mol. The van der Waals surface area contributed by atoms with Gasteiger partial charge in [-0.2, -0.15) is 0 Å². The van der Waals surface area contributed by atoms with Gasteiger partial charge in [0.25, 0.3) is 0 Å². The van der Waals surface area contributed by atoms with Crippen LogP contribution in [0.15, 0.2) is 67.3 Å². The first-order chi connectivity index (χ1) is 16.7. The number of hydrogen-bond donors (Lipinski definition) is 2. The van der Waals surface area contributed by atoms with Gasteiger partial charge in [0.1, 0.15) is 0 Å². The lowest BCUT2D eigenvalue weighted by molar-refractivity contribution is -0.134. The molecule has 0 aliphatic heterocycles. The second kappa shape index (κ2) is 15.3. The van der Waals surface area contributed by atoms with Crippen molar-refractivity contribution in [2.75, 3.05) is 5.08 Å². The first kappa shape index (κ1) is 29.4. The minimum atomic E-state index is -1.26. The van der Waals surface area contributed by atoms with E-state index in [1.807, 2.05) is 60.3 Å². The summed E-state index contributed by atoms with van der Waals surface area (Å²) in [6, 6.07) is 11.3. The van der Waals surface area contributed by atoms with Gasteiger partial charge in [0, 0.05) is 67.3 Å². The molecular weight excluding hydrogens is 574 g/mol. The highest BCUT2D eigenvalue weighted by Gasteiger charge is 2.17. The molecule has 1 aromatic heterocycles. The summed E-state index contributed by atoms with van der Waals surface area (Å²) < 4.78 is 2.06. The van der Waals surface area contributed by atoms with Crippen LogP contribution < -0.4 is 0 Å². The van der Waals surface area contributed by atoms with Crippen molar-refractivity contribution in [1.82, 2.24) is 9.55 Å². The maximum atomic E-state index is 9.55. The van der Waals surface area contributed by atoms with Crippen LogP contribution in [0.1, 0.15) is 16.4 Å². The maximum absolute atomic E-state index is 9.55. The molecule has 0 bridgehead atoms. The van der Waals surface area contributed by atoms with E-state index in [0.29, 0.717) is 32.2 Å². The third kappa shape index (κ3) is 11.2. The highest BCUT2D eigenvalue weighted by molar-refractivity contribution is 8.15. The highest BCUT2D eigenvalue weighted by Crippen LogP contribution is 2.38. The van der Waals surface area contributed by atoms with Gasteiger partial charge < -0.3 is 14.8 Å². The molecule has 0 saturated heterocycles. The minimum Gasteiger partial charge on any atom is -0.478 e. The van der Waals surface area contributed by atoms with Gasteiger partial charge in [0.2, 0.25) is 0 Å². The Kier molecular flexibility index (Phi) is 12.9. The minimum absolute atomic E-state index is 0.192. The van der Waals surface area contributed by atoms with Gasteiger partial charge in [-0.25, -0.2) is 14.6 Å². The van der Waals surface area contributed by atoms with Crippen LogP contribution in [0, 0.1) is 0 Å². The van der Waals surface area contributed by atoms with Crippen molar-refractivity contribution in [3.63, 3.8) is 0 Å². The maximum Gasteiger partial charge on any atom is 0.328 e. The van der Waals surface area contributed by atoms with Crippen molar-refractivity contribution in [3.05, 3.63) is 98.5 Å². The fraction of sp³-hybridized carbons (Fsp3) is 0.174. The van der Waals surface area contributed by atoms with Crippen LogP contribution in [0.3, 0.4) is 0 Å². The summed E-state index contributed by atoms with van der Waals surface area (Å²) in [4.78, 5) is 23.2. The zero-order chi connectivity index (χ0) is 25.8. The Morgan fingerprint density at radius 2 is 1.60 bits per heavy atom. The topological polar surface area (TPSA) is 92.4 Å². The molecule has 0 aliphatic rings. The average molecular weight is 594 g/mol. The number of carboxylic acids is 2. The summed E-state index contributed by atoms with van der Waals surface area (Å²) in [6.45, 7) is 0.786. The zero-order valence-corrected chi connectivity index (χ0v) is 22.6. The van der Waals surface area contributed by atoms with Gasteiger partial charge in [-0.1, -0.05) is 58.5 Å². The Hall–Kier alpha value is -1.81. The van der Waals surface area contributed by atoms with Gasteiger partial charge in [-0.15, -0.1) is 23.5 Å². The first-order valence-electron chi connectivity index (χ1n) is 9.83. The summed E-state index contributed by atoms with van der Waals surface area (Å²) in [7, 11) is 0. The van der Waals surface area contributed by atoms with E-state index in [1.54, 1.807) is 18.3 Å². The number of rotatable bonds is 10. The van der Waals surface area contributed by atoms with Gasteiger partial charge in [0.05, 0.1) is 6.33 Å². The Labute approximate surface area is 231 Å². The summed E-state index contributed by atoms with van der Waals surface area (Å²) in [5.74, 6) is -1.69. The molecule has 1 atom stereocenters. The number of thioether (sulfide) groups is 2. The van der Waals surface area contributed by atoms with E-state index >= 15 is 0 Å². The van der Waals surface area contributed by atoms with Crippen molar-refractivity contribution in [2.45, 2.75) is 17.5 Å². The van der Waals surface area contributed by atoms with E-state index in [4.69, 9.17) is 56.6 Å². The van der Waals surface area contributed by atoms with Gasteiger partial charge in [-0.3, -0.25) is 0 Å². The summed E-state index contributed by atoms with van der Waals surface area (Å²) in [5, 5.41) is 19.4. The van der Waals surface area contributed by atoms with Crippen molar-refractivity contribution < 1.29 is 19.8 Å². The summed E-state index contributed by atoms with van der Waals surface area (Å²) in [5.41, 5.74) is 2.16. The number of carboxylic acid groups (broad SMARTS) is 2. The SMILES string of the molecule is Clc1ccc(CSCSC(Cn2ccnc2)c2ccc(Cl)cc2Cl)c(Cl)c1.O=C(O)/C=C/C(=O)O. The third-order valence-corrected chi connectivity index (χ3v) is 7.92. The second-order valence-corrected chi connectivity index (χ2v) is 11.0. The molecule has 186 valence electrons. The number of imidazole rings is 1. The quantitative estimate of drug-likeness (QED) is 0.142. The smallest absolute Gasteiger partial charge is 0.328 e. The molecule has 35 heavy (non-hydrogen) atoms. The van der Waals surface area contributed by atoms with Crippen molar-refractivity contribution in [1.29, 1.82) is 0 Å². The first-order valence-corrected chi connectivity index (χ1v) is 13.5. The molecule has 0 spiro atoms. The van der Waals surface area contributed by atoms with Crippen LogP contribution in [0.25, 0.3) is 0 Å². The van der Waals surface area contributed by atoms with E-state index < -0.39 is 11.9 Å². The van der Waals surface area contributed by atoms with Gasteiger partial charge in [-0.05, 0) is 35.4 Å². The Morgan fingerprint density at radius 1 is 0.971 bits per heavy atom. The molecule has 3 aromatic rings. The fourth-order valence-corrected chi connectivity index (χ4v) is 6.32.